The summed E-state index contributed by atoms with van der Waals surface area (Å²) in [6, 6.07) is 16.4. The van der Waals surface area contributed by atoms with E-state index in [-0.39, 0.29) is 21.4 Å². The molecule has 10 heteroatoms. The molecule has 1 aliphatic rings. The minimum atomic E-state index is -3.90. The summed E-state index contributed by atoms with van der Waals surface area (Å²) in [7, 11) is -3.90. The zero-order valence-electron chi connectivity index (χ0n) is 18.8. The third kappa shape index (κ3) is 4.71. The van der Waals surface area contributed by atoms with Crippen molar-refractivity contribution in [1.82, 2.24) is 13.8 Å². The number of amides is 1. The standard InChI is InChI=1S/C25H22BrN5O3S/c1-17-7-9-21(10-8-17)35(33,34)31-16-23(22-11-20(26)13-27-24(22)31)29-25(32)19-12-28-30(15-19)14-18-5-3-2-4-6-18/h2-10,12-13,15-16,20H,11,14H2,1H3,(H,29,32). The molecule has 5 rings (SSSR count). The highest BCUT2D eigenvalue weighted by molar-refractivity contribution is 9.10. The molecule has 8 nitrogen and oxygen atoms in total. The minimum Gasteiger partial charge on any atom is -0.320 e. The fraction of sp³-hybridized carbons (Fsp3) is 0.160. The van der Waals surface area contributed by atoms with Crippen molar-refractivity contribution in [3.8, 4) is 0 Å². The van der Waals surface area contributed by atoms with Crippen LogP contribution in [0.25, 0.3) is 0 Å². The summed E-state index contributed by atoms with van der Waals surface area (Å²) in [5.74, 6) is -0.0889. The number of carbonyl (C=O) groups excluding carboxylic acids is 1. The molecule has 0 aliphatic carbocycles. The van der Waals surface area contributed by atoms with Gasteiger partial charge in [-0.05, 0) is 31.0 Å². The van der Waals surface area contributed by atoms with Gasteiger partial charge >= 0.3 is 0 Å². The lowest BCUT2D eigenvalue weighted by atomic mass is 10.1. The first kappa shape index (κ1) is 23.3. The second-order valence-electron chi connectivity index (χ2n) is 8.32. The van der Waals surface area contributed by atoms with Crippen LogP contribution in [0.1, 0.15) is 27.0 Å². The van der Waals surface area contributed by atoms with Gasteiger partial charge in [-0.25, -0.2) is 17.4 Å². The third-order valence-electron chi connectivity index (χ3n) is 5.72. The van der Waals surface area contributed by atoms with Crippen molar-refractivity contribution >= 4 is 49.6 Å². The second-order valence-corrected chi connectivity index (χ2v) is 11.3. The first-order chi connectivity index (χ1) is 16.8. The van der Waals surface area contributed by atoms with Gasteiger partial charge in [0.25, 0.3) is 15.9 Å². The average Bonchev–Trinajstić information content (AvgIpc) is 3.45. The topological polar surface area (TPSA) is 98.4 Å². The van der Waals surface area contributed by atoms with Gasteiger partial charge in [0.15, 0.2) is 5.82 Å². The number of hydrogen-bond donors (Lipinski definition) is 1. The Balaban J connectivity index is 1.45. The Hall–Kier alpha value is -3.50. The number of benzene rings is 2. The van der Waals surface area contributed by atoms with Crippen LogP contribution in [0.15, 0.2) is 83.1 Å². The van der Waals surface area contributed by atoms with Crippen LogP contribution in [0.5, 0.6) is 0 Å². The molecule has 2 aromatic heterocycles. The largest absolute Gasteiger partial charge is 0.320 e. The molecule has 0 fully saturated rings. The summed E-state index contributed by atoms with van der Waals surface area (Å²) in [5.41, 5.74) is 3.45. The van der Waals surface area contributed by atoms with E-state index >= 15 is 0 Å². The van der Waals surface area contributed by atoms with Crippen molar-refractivity contribution < 1.29 is 13.2 Å². The van der Waals surface area contributed by atoms with Gasteiger partial charge in [0, 0.05) is 24.2 Å². The normalized spacial score (nSPS) is 15.1. The van der Waals surface area contributed by atoms with Gasteiger partial charge in [-0.2, -0.15) is 5.10 Å². The number of aryl methyl sites for hydroxylation is 1. The fourth-order valence-electron chi connectivity index (χ4n) is 3.89. The number of carbonyl (C=O) groups is 1. The maximum Gasteiger partial charge on any atom is 0.269 e. The molecule has 4 aromatic rings. The Bertz CT molecular complexity index is 1520. The smallest absolute Gasteiger partial charge is 0.269 e. The summed E-state index contributed by atoms with van der Waals surface area (Å²) in [4.78, 5) is 17.5. The van der Waals surface area contributed by atoms with Gasteiger partial charge < -0.3 is 5.32 Å². The molecule has 0 saturated heterocycles. The summed E-state index contributed by atoms with van der Waals surface area (Å²) >= 11 is 3.52. The zero-order valence-corrected chi connectivity index (χ0v) is 21.2. The molecule has 3 heterocycles. The average molecular weight is 552 g/mol. The number of rotatable bonds is 6. The van der Waals surface area contributed by atoms with Crippen molar-refractivity contribution in [3.05, 3.63) is 95.4 Å². The second kappa shape index (κ2) is 9.27. The van der Waals surface area contributed by atoms with E-state index in [0.29, 0.717) is 29.8 Å². The Morgan fingerprint density at radius 3 is 2.60 bits per heavy atom. The van der Waals surface area contributed by atoms with Crippen LogP contribution in [0.2, 0.25) is 0 Å². The molecule has 0 spiro atoms. The van der Waals surface area contributed by atoms with Crippen molar-refractivity contribution in [1.29, 1.82) is 0 Å². The summed E-state index contributed by atoms with van der Waals surface area (Å²) in [6.45, 7) is 2.43. The van der Waals surface area contributed by atoms with Crippen LogP contribution in [-0.2, 0) is 23.0 Å². The van der Waals surface area contributed by atoms with Crippen LogP contribution < -0.4 is 5.32 Å². The first-order valence-corrected chi connectivity index (χ1v) is 13.3. The van der Waals surface area contributed by atoms with Gasteiger partial charge in [0.1, 0.15) is 0 Å². The Morgan fingerprint density at radius 1 is 1.11 bits per heavy atom. The van der Waals surface area contributed by atoms with E-state index in [2.05, 4.69) is 31.3 Å². The zero-order chi connectivity index (χ0) is 24.6. The van der Waals surface area contributed by atoms with Crippen molar-refractivity contribution in [2.24, 2.45) is 4.99 Å². The molecule has 0 bridgehead atoms. The molecule has 1 unspecified atom stereocenters. The molecule has 35 heavy (non-hydrogen) atoms. The number of halogens is 1. The highest BCUT2D eigenvalue weighted by Gasteiger charge is 2.29. The van der Waals surface area contributed by atoms with Crippen molar-refractivity contribution in [3.63, 3.8) is 0 Å². The lowest BCUT2D eigenvalue weighted by Crippen LogP contribution is -2.15. The summed E-state index contributed by atoms with van der Waals surface area (Å²) < 4.78 is 29.6. The van der Waals surface area contributed by atoms with Crippen molar-refractivity contribution in [2.75, 3.05) is 5.32 Å². The summed E-state index contributed by atoms with van der Waals surface area (Å²) in [5, 5.41) is 7.15. The lowest BCUT2D eigenvalue weighted by Gasteiger charge is -2.14. The van der Waals surface area contributed by atoms with Crippen LogP contribution in [0.4, 0.5) is 11.5 Å². The number of aromatic nitrogens is 3. The Kier molecular flexibility index (Phi) is 6.16. The molecule has 1 amide bonds. The van der Waals surface area contributed by atoms with E-state index in [1.165, 1.54) is 12.4 Å². The molecule has 0 radical (unpaired) electrons. The molecule has 1 atom stereocenters. The van der Waals surface area contributed by atoms with Crippen LogP contribution in [0.3, 0.4) is 0 Å². The number of nitrogens with zero attached hydrogens (tertiary/aromatic N) is 4. The molecule has 178 valence electrons. The molecular formula is C25H22BrN5O3S. The first-order valence-electron chi connectivity index (χ1n) is 10.9. The predicted octanol–water partition coefficient (Wildman–Crippen LogP) is 4.55. The van der Waals surface area contributed by atoms with Gasteiger partial charge in [-0.15, -0.1) is 0 Å². The Morgan fingerprint density at radius 2 is 1.86 bits per heavy atom. The van der Waals surface area contributed by atoms with E-state index in [1.54, 1.807) is 41.4 Å². The fourth-order valence-corrected chi connectivity index (χ4v) is 5.67. The van der Waals surface area contributed by atoms with Gasteiger partial charge in [0.2, 0.25) is 0 Å². The van der Waals surface area contributed by atoms with Gasteiger partial charge in [-0.1, -0.05) is 64.0 Å². The van der Waals surface area contributed by atoms with Crippen LogP contribution in [0, 0.1) is 6.92 Å². The van der Waals surface area contributed by atoms with E-state index in [0.717, 1.165) is 15.1 Å². The SMILES string of the molecule is Cc1ccc(S(=O)(=O)n2cc(NC(=O)c3cnn(Cc4ccccc4)c3)c3c2N=CC(Br)C3)cc1. The molecular weight excluding hydrogens is 530 g/mol. The van der Waals surface area contributed by atoms with Crippen LogP contribution in [-0.4, -0.2) is 39.1 Å². The lowest BCUT2D eigenvalue weighted by molar-refractivity contribution is 0.102. The number of nitrogens with one attached hydrogen (secondary N) is 1. The highest BCUT2D eigenvalue weighted by Crippen LogP contribution is 2.37. The molecule has 1 N–H and O–H groups in total. The van der Waals surface area contributed by atoms with E-state index < -0.39 is 10.0 Å². The predicted molar refractivity (Wildman–Crippen MR) is 138 cm³/mol. The quantitative estimate of drug-likeness (QED) is 0.355. The van der Waals surface area contributed by atoms with E-state index in [4.69, 9.17) is 0 Å². The minimum absolute atomic E-state index is 0.0720. The highest BCUT2D eigenvalue weighted by atomic mass is 79.9. The molecule has 1 aliphatic heterocycles. The van der Waals surface area contributed by atoms with E-state index in [1.807, 2.05) is 37.3 Å². The van der Waals surface area contributed by atoms with Crippen LogP contribution >= 0.6 is 15.9 Å². The van der Waals surface area contributed by atoms with E-state index in [9.17, 15) is 13.2 Å². The number of fused-ring (bicyclic) bond motifs is 1. The maximum atomic E-state index is 13.4. The number of hydrogen-bond acceptors (Lipinski definition) is 5. The molecule has 0 saturated carbocycles. The molecule has 2 aromatic carbocycles. The maximum absolute atomic E-state index is 13.4. The Labute approximate surface area is 211 Å². The number of aliphatic imine (C=N–C) groups is 1. The van der Waals surface area contributed by atoms with Gasteiger partial charge in [-0.3, -0.25) is 9.48 Å². The summed E-state index contributed by atoms with van der Waals surface area (Å²) in [6.07, 6.45) is 6.73. The number of alkyl halides is 1. The number of anilines is 1. The van der Waals surface area contributed by atoms with Gasteiger partial charge in [0.05, 0.1) is 33.7 Å². The monoisotopic (exact) mass is 551 g/mol. The van der Waals surface area contributed by atoms with Crippen molar-refractivity contribution in [2.45, 2.75) is 29.6 Å². The third-order valence-corrected chi connectivity index (χ3v) is 7.94.